The van der Waals surface area contributed by atoms with Gasteiger partial charge in [-0.15, -0.1) is 0 Å². The summed E-state index contributed by atoms with van der Waals surface area (Å²) < 4.78 is 0. The molecular formula is C12H18N2. The van der Waals surface area contributed by atoms with Gasteiger partial charge >= 0.3 is 0 Å². The topological polar surface area (TPSA) is 38.0 Å². The molecule has 0 amide bonds. The third-order valence-corrected chi connectivity index (χ3v) is 2.88. The Balaban J connectivity index is 2.11. The van der Waals surface area contributed by atoms with E-state index in [1.807, 2.05) is 0 Å². The molecule has 3 N–H and O–H groups in total. The molecule has 2 nitrogen and oxygen atoms in total. The fourth-order valence-corrected chi connectivity index (χ4v) is 2.25. The lowest BCUT2D eigenvalue weighted by Gasteiger charge is -2.33. The van der Waals surface area contributed by atoms with E-state index >= 15 is 0 Å². The standard InChI is InChI=1S/C12H18N2/c1-9-7-11(13)8-12(14-9)10-5-3-2-4-6-10/h2-6,9,11-12,14H,7-8,13H2,1H3/t9-,11+,12-/m0/s1. The highest BCUT2D eigenvalue weighted by Gasteiger charge is 2.23. The molecular weight excluding hydrogens is 172 g/mol. The van der Waals surface area contributed by atoms with Crippen molar-refractivity contribution >= 4 is 0 Å². The third kappa shape index (κ3) is 2.14. The molecule has 1 aliphatic heterocycles. The van der Waals surface area contributed by atoms with Gasteiger partial charge in [0.1, 0.15) is 0 Å². The maximum Gasteiger partial charge on any atom is 0.0337 e. The maximum atomic E-state index is 6.01. The van der Waals surface area contributed by atoms with E-state index in [2.05, 4.69) is 42.6 Å². The van der Waals surface area contributed by atoms with Crippen LogP contribution in [0.3, 0.4) is 0 Å². The van der Waals surface area contributed by atoms with Crippen molar-refractivity contribution in [3.63, 3.8) is 0 Å². The minimum atomic E-state index is 0.344. The number of hydrogen-bond donors (Lipinski definition) is 2. The first-order valence-corrected chi connectivity index (χ1v) is 5.32. The lowest BCUT2D eigenvalue weighted by molar-refractivity contribution is 0.307. The zero-order valence-corrected chi connectivity index (χ0v) is 8.61. The summed E-state index contributed by atoms with van der Waals surface area (Å²) in [6.07, 6.45) is 2.14. The van der Waals surface area contributed by atoms with Crippen LogP contribution < -0.4 is 11.1 Å². The highest BCUT2D eigenvalue weighted by atomic mass is 15.0. The Morgan fingerprint density at radius 2 is 1.93 bits per heavy atom. The van der Waals surface area contributed by atoms with E-state index in [0.717, 1.165) is 12.8 Å². The van der Waals surface area contributed by atoms with E-state index in [-0.39, 0.29) is 0 Å². The summed E-state index contributed by atoms with van der Waals surface area (Å²) in [7, 11) is 0. The number of nitrogens with one attached hydrogen (secondary N) is 1. The zero-order valence-electron chi connectivity index (χ0n) is 8.61. The number of piperidine rings is 1. The Morgan fingerprint density at radius 3 is 2.57 bits per heavy atom. The van der Waals surface area contributed by atoms with Crippen molar-refractivity contribution in [2.24, 2.45) is 5.73 Å². The van der Waals surface area contributed by atoms with Gasteiger partial charge in [-0.05, 0) is 25.3 Å². The van der Waals surface area contributed by atoms with Crippen LogP contribution in [0, 0.1) is 0 Å². The lowest BCUT2D eigenvalue weighted by atomic mass is 9.91. The molecule has 76 valence electrons. The van der Waals surface area contributed by atoms with Crippen LogP contribution in [0.1, 0.15) is 31.4 Å². The number of rotatable bonds is 1. The van der Waals surface area contributed by atoms with Crippen molar-refractivity contribution in [1.29, 1.82) is 0 Å². The molecule has 0 bridgehead atoms. The average molecular weight is 190 g/mol. The van der Waals surface area contributed by atoms with Crippen LogP contribution in [0.25, 0.3) is 0 Å². The van der Waals surface area contributed by atoms with Crippen molar-refractivity contribution in [2.45, 2.75) is 37.9 Å². The van der Waals surface area contributed by atoms with Gasteiger partial charge in [0, 0.05) is 18.1 Å². The summed E-state index contributed by atoms with van der Waals surface area (Å²) in [6.45, 7) is 2.20. The highest BCUT2D eigenvalue weighted by Crippen LogP contribution is 2.24. The molecule has 1 aliphatic rings. The fraction of sp³-hybridized carbons (Fsp3) is 0.500. The predicted octanol–water partition coefficient (Wildman–Crippen LogP) is 1.83. The minimum absolute atomic E-state index is 0.344. The molecule has 0 aromatic heterocycles. The molecule has 2 heteroatoms. The molecule has 3 atom stereocenters. The van der Waals surface area contributed by atoms with Crippen LogP contribution in [0.15, 0.2) is 30.3 Å². The average Bonchev–Trinajstić information content (AvgIpc) is 2.18. The number of nitrogens with two attached hydrogens (primary N) is 1. The normalized spacial score (nSPS) is 32.9. The van der Waals surface area contributed by atoms with Gasteiger partial charge in [0.25, 0.3) is 0 Å². The van der Waals surface area contributed by atoms with Gasteiger partial charge < -0.3 is 11.1 Å². The molecule has 0 spiro atoms. The second-order valence-electron chi connectivity index (χ2n) is 4.26. The molecule has 1 heterocycles. The number of benzene rings is 1. The van der Waals surface area contributed by atoms with Crippen LogP contribution in [-0.4, -0.2) is 12.1 Å². The van der Waals surface area contributed by atoms with Crippen molar-refractivity contribution in [3.8, 4) is 0 Å². The van der Waals surface area contributed by atoms with Gasteiger partial charge in [-0.3, -0.25) is 0 Å². The van der Waals surface area contributed by atoms with E-state index in [1.54, 1.807) is 0 Å². The first-order valence-electron chi connectivity index (χ1n) is 5.32. The second kappa shape index (κ2) is 4.11. The lowest BCUT2D eigenvalue weighted by Crippen LogP contribution is -2.44. The molecule has 1 fully saturated rings. The Kier molecular flexibility index (Phi) is 2.85. The third-order valence-electron chi connectivity index (χ3n) is 2.88. The molecule has 1 aromatic carbocycles. The monoisotopic (exact) mass is 190 g/mol. The highest BCUT2D eigenvalue weighted by molar-refractivity contribution is 5.20. The Hall–Kier alpha value is -0.860. The number of hydrogen-bond acceptors (Lipinski definition) is 2. The van der Waals surface area contributed by atoms with Crippen molar-refractivity contribution in [1.82, 2.24) is 5.32 Å². The summed E-state index contributed by atoms with van der Waals surface area (Å²) >= 11 is 0. The van der Waals surface area contributed by atoms with Crippen LogP contribution >= 0.6 is 0 Å². The van der Waals surface area contributed by atoms with Gasteiger partial charge in [0.15, 0.2) is 0 Å². The zero-order chi connectivity index (χ0) is 9.97. The van der Waals surface area contributed by atoms with Crippen LogP contribution in [0.4, 0.5) is 0 Å². The molecule has 1 saturated heterocycles. The summed E-state index contributed by atoms with van der Waals surface area (Å²) in [5.74, 6) is 0. The minimum Gasteiger partial charge on any atom is -0.328 e. The molecule has 0 aliphatic carbocycles. The molecule has 2 rings (SSSR count). The summed E-state index contributed by atoms with van der Waals surface area (Å²) in [4.78, 5) is 0. The van der Waals surface area contributed by atoms with E-state index in [0.29, 0.717) is 18.1 Å². The van der Waals surface area contributed by atoms with Gasteiger partial charge in [-0.25, -0.2) is 0 Å². The maximum absolute atomic E-state index is 6.01. The molecule has 0 radical (unpaired) electrons. The Labute approximate surface area is 85.5 Å². The van der Waals surface area contributed by atoms with Gasteiger partial charge in [-0.1, -0.05) is 30.3 Å². The fourth-order valence-electron chi connectivity index (χ4n) is 2.25. The summed E-state index contributed by atoms with van der Waals surface area (Å²) in [6, 6.07) is 11.9. The first kappa shape index (κ1) is 9.69. The predicted molar refractivity (Wildman–Crippen MR) is 59.0 cm³/mol. The Morgan fingerprint density at radius 1 is 1.21 bits per heavy atom. The molecule has 1 aromatic rings. The van der Waals surface area contributed by atoms with E-state index in [9.17, 15) is 0 Å². The summed E-state index contributed by atoms with van der Waals surface area (Å²) in [5, 5.41) is 3.58. The SMILES string of the molecule is C[C@H]1C[C@@H](N)C[C@@H](c2ccccc2)N1. The molecule has 0 unspecified atom stereocenters. The van der Waals surface area contributed by atoms with Crippen molar-refractivity contribution < 1.29 is 0 Å². The van der Waals surface area contributed by atoms with E-state index in [4.69, 9.17) is 5.73 Å². The van der Waals surface area contributed by atoms with Gasteiger partial charge in [0.05, 0.1) is 0 Å². The largest absolute Gasteiger partial charge is 0.328 e. The van der Waals surface area contributed by atoms with Gasteiger partial charge in [-0.2, -0.15) is 0 Å². The summed E-state index contributed by atoms with van der Waals surface area (Å²) in [5.41, 5.74) is 7.37. The van der Waals surface area contributed by atoms with Gasteiger partial charge in [0.2, 0.25) is 0 Å². The van der Waals surface area contributed by atoms with Crippen LogP contribution in [-0.2, 0) is 0 Å². The smallest absolute Gasteiger partial charge is 0.0337 e. The van der Waals surface area contributed by atoms with E-state index in [1.165, 1.54) is 5.56 Å². The van der Waals surface area contributed by atoms with E-state index < -0.39 is 0 Å². The molecule has 0 saturated carbocycles. The first-order chi connectivity index (χ1) is 6.75. The van der Waals surface area contributed by atoms with Crippen LogP contribution in [0.2, 0.25) is 0 Å². The Bertz CT molecular complexity index is 274. The quantitative estimate of drug-likeness (QED) is 0.709. The van der Waals surface area contributed by atoms with Crippen molar-refractivity contribution in [3.05, 3.63) is 35.9 Å². The second-order valence-corrected chi connectivity index (χ2v) is 4.26. The van der Waals surface area contributed by atoms with Crippen molar-refractivity contribution in [2.75, 3.05) is 0 Å². The van der Waals surface area contributed by atoms with Crippen LogP contribution in [0.5, 0.6) is 0 Å². The molecule has 14 heavy (non-hydrogen) atoms.